The second-order valence-electron chi connectivity index (χ2n) is 5.56. The van der Waals surface area contributed by atoms with Crippen LogP contribution in [0, 0.1) is 11.6 Å². The third kappa shape index (κ3) is 3.28. The summed E-state index contributed by atoms with van der Waals surface area (Å²) in [7, 11) is -2.12. The highest BCUT2D eigenvalue weighted by Gasteiger charge is 2.40. The van der Waals surface area contributed by atoms with Crippen molar-refractivity contribution >= 4 is 24.2 Å². The second kappa shape index (κ2) is 4.69. The first kappa shape index (κ1) is 14.6. The maximum Gasteiger partial charge on any atom is 0.250 e. The van der Waals surface area contributed by atoms with Crippen molar-refractivity contribution in [2.24, 2.45) is 0 Å². The van der Waals surface area contributed by atoms with E-state index in [-0.39, 0.29) is 10.8 Å². The molecule has 0 aliphatic heterocycles. The lowest BCUT2D eigenvalue weighted by molar-refractivity contribution is 0.449. The van der Waals surface area contributed by atoms with Crippen LogP contribution in [0.5, 0.6) is 5.75 Å². The van der Waals surface area contributed by atoms with Crippen LogP contribution in [0.2, 0.25) is 18.1 Å². The van der Waals surface area contributed by atoms with E-state index in [0.29, 0.717) is 4.47 Å². The number of hydrogen-bond acceptors (Lipinski definition) is 1. The van der Waals surface area contributed by atoms with Crippen LogP contribution in [0.4, 0.5) is 8.78 Å². The zero-order chi connectivity index (χ0) is 13.4. The van der Waals surface area contributed by atoms with E-state index in [9.17, 15) is 8.78 Å². The first-order valence-corrected chi connectivity index (χ1v) is 9.08. The molecule has 0 heterocycles. The molecule has 0 N–H and O–H groups in total. The highest BCUT2D eigenvalue weighted by molar-refractivity contribution is 9.10. The summed E-state index contributed by atoms with van der Waals surface area (Å²) in [6.45, 7) is 10.2. The summed E-state index contributed by atoms with van der Waals surface area (Å²) >= 11 is 3.13. The lowest BCUT2D eigenvalue weighted by Crippen LogP contribution is -2.44. The molecule has 1 aromatic rings. The molecule has 96 valence electrons. The molecule has 0 aromatic heterocycles. The Bertz CT molecular complexity index is 404. The smallest absolute Gasteiger partial charge is 0.250 e. The van der Waals surface area contributed by atoms with Gasteiger partial charge in [-0.05, 0) is 40.1 Å². The van der Waals surface area contributed by atoms with Crippen LogP contribution >= 0.6 is 15.9 Å². The maximum atomic E-state index is 13.7. The molecular weight excluding hydrogens is 306 g/mol. The van der Waals surface area contributed by atoms with Gasteiger partial charge in [0.15, 0.2) is 11.6 Å². The lowest BCUT2D eigenvalue weighted by atomic mass is 10.2. The van der Waals surface area contributed by atoms with Gasteiger partial charge in [-0.3, -0.25) is 0 Å². The summed E-state index contributed by atoms with van der Waals surface area (Å²) in [6.07, 6.45) is 0. The molecule has 0 aliphatic rings. The van der Waals surface area contributed by atoms with E-state index < -0.39 is 20.0 Å². The van der Waals surface area contributed by atoms with Gasteiger partial charge >= 0.3 is 0 Å². The fourth-order valence-corrected chi connectivity index (χ4v) is 2.70. The van der Waals surface area contributed by atoms with E-state index in [0.717, 1.165) is 6.07 Å². The minimum Gasteiger partial charge on any atom is -0.541 e. The van der Waals surface area contributed by atoms with Gasteiger partial charge in [-0.25, -0.2) is 8.78 Å². The highest BCUT2D eigenvalue weighted by Crippen LogP contribution is 2.40. The van der Waals surface area contributed by atoms with Gasteiger partial charge in [0.1, 0.15) is 5.82 Å². The van der Waals surface area contributed by atoms with Gasteiger partial charge in [0.2, 0.25) is 0 Å². The molecule has 0 unspecified atom stereocenters. The fraction of sp³-hybridized carbons (Fsp3) is 0.500. The third-order valence-corrected chi connectivity index (χ3v) is 8.04. The molecule has 17 heavy (non-hydrogen) atoms. The fourth-order valence-electron chi connectivity index (χ4n) is 1.03. The van der Waals surface area contributed by atoms with Gasteiger partial charge in [0.25, 0.3) is 8.32 Å². The van der Waals surface area contributed by atoms with Crippen molar-refractivity contribution in [2.75, 3.05) is 0 Å². The van der Waals surface area contributed by atoms with E-state index in [2.05, 4.69) is 36.7 Å². The quantitative estimate of drug-likeness (QED) is 0.687. The van der Waals surface area contributed by atoms with E-state index >= 15 is 0 Å². The Hall–Kier alpha value is -0.423. The molecule has 0 fully saturated rings. The molecule has 0 atom stereocenters. The van der Waals surface area contributed by atoms with Crippen molar-refractivity contribution in [2.45, 2.75) is 38.9 Å². The van der Waals surface area contributed by atoms with Crippen LogP contribution in [-0.2, 0) is 0 Å². The molecule has 0 aliphatic carbocycles. The normalized spacial score (nSPS) is 12.7. The average molecular weight is 323 g/mol. The van der Waals surface area contributed by atoms with Crippen LogP contribution in [0.3, 0.4) is 0 Å². The van der Waals surface area contributed by atoms with Crippen molar-refractivity contribution in [3.05, 3.63) is 28.2 Å². The summed E-state index contributed by atoms with van der Waals surface area (Å²) in [5.74, 6) is -1.17. The summed E-state index contributed by atoms with van der Waals surface area (Å²) in [4.78, 5) is 0. The second-order valence-corrected chi connectivity index (χ2v) is 11.1. The average Bonchev–Trinajstić information content (AvgIpc) is 2.09. The van der Waals surface area contributed by atoms with Gasteiger partial charge in [-0.2, -0.15) is 0 Å². The topological polar surface area (TPSA) is 9.23 Å². The lowest BCUT2D eigenvalue weighted by Gasteiger charge is -2.36. The number of rotatable bonds is 2. The van der Waals surface area contributed by atoms with Crippen molar-refractivity contribution < 1.29 is 13.2 Å². The van der Waals surface area contributed by atoms with Gasteiger partial charge in [0.05, 0.1) is 4.47 Å². The van der Waals surface area contributed by atoms with E-state index in [1.54, 1.807) is 0 Å². The van der Waals surface area contributed by atoms with Crippen LogP contribution in [-0.4, -0.2) is 8.32 Å². The van der Waals surface area contributed by atoms with Crippen molar-refractivity contribution in [1.29, 1.82) is 0 Å². The van der Waals surface area contributed by atoms with E-state index in [1.807, 2.05) is 13.1 Å². The molecule has 0 amide bonds. The number of hydrogen-bond donors (Lipinski definition) is 0. The Kier molecular flexibility index (Phi) is 4.03. The molecule has 0 radical (unpaired) electrons. The zero-order valence-electron chi connectivity index (χ0n) is 10.7. The summed E-state index contributed by atoms with van der Waals surface area (Å²) < 4.78 is 32.8. The number of benzene rings is 1. The first-order chi connectivity index (χ1) is 7.54. The SMILES string of the molecule is CC(C)(C)[Si](C)(C)Oc1c(F)cc(F)cc1Br. The van der Waals surface area contributed by atoms with Gasteiger partial charge in [-0.1, -0.05) is 20.8 Å². The van der Waals surface area contributed by atoms with Gasteiger partial charge in [0, 0.05) is 6.07 Å². The van der Waals surface area contributed by atoms with Crippen LogP contribution in [0.1, 0.15) is 20.8 Å². The molecule has 5 heteroatoms. The van der Waals surface area contributed by atoms with Crippen molar-refractivity contribution in [3.63, 3.8) is 0 Å². The van der Waals surface area contributed by atoms with E-state index in [4.69, 9.17) is 4.43 Å². The third-order valence-electron chi connectivity index (χ3n) is 3.13. The van der Waals surface area contributed by atoms with Gasteiger partial charge in [-0.15, -0.1) is 0 Å². The molecule has 1 aromatic carbocycles. The maximum absolute atomic E-state index is 13.7. The molecule has 0 saturated carbocycles. The molecule has 0 bridgehead atoms. The van der Waals surface area contributed by atoms with Crippen LogP contribution in [0.15, 0.2) is 16.6 Å². The van der Waals surface area contributed by atoms with Crippen LogP contribution in [0.25, 0.3) is 0 Å². The summed E-state index contributed by atoms with van der Waals surface area (Å²) in [5, 5.41) is -0.0345. The van der Waals surface area contributed by atoms with Gasteiger partial charge < -0.3 is 4.43 Å². The zero-order valence-corrected chi connectivity index (χ0v) is 13.3. The van der Waals surface area contributed by atoms with Crippen molar-refractivity contribution in [1.82, 2.24) is 0 Å². The Morgan fingerprint density at radius 2 is 1.71 bits per heavy atom. The number of halogens is 3. The molecule has 1 nitrogen and oxygen atoms in total. The largest absolute Gasteiger partial charge is 0.541 e. The summed E-state index contributed by atoms with van der Waals surface area (Å²) in [5.41, 5.74) is 0. The van der Waals surface area contributed by atoms with Crippen LogP contribution < -0.4 is 4.43 Å². The van der Waals surface area contributed by atoms with Crippen molar-refractivity contribution in [3.8, 4) is 5.75 Å². The molecule has 0 saturated heterocycles. The standard InChI is InChI=1S/C12H17BrF2OSi/c1-12(2,3)17(4,5)16-11-9(13)6-8(14)7-10(11)15/h6-7H,1-5H3. The monoisotopic (exact) mass is 322 g/mol. The Labute approximate surface area is 110 Å². The Balaban J connectivity index is 3.13. The highest BCUT2D eigenvalue weighted by atomic mass is 79.9. The predicted molar refractivity (Wildman–Crippen MR) is 71.9 cm³/mol. The molecule has 0 spiro atoms. The molecular formula is C12H17BrF2OSi. The Morgan fingerprint density at radius 1 is 1.18 bits per heavy atom. The Morgan fingerprint density at radius 3 is 2.12 bits per heavy atom. The predicted octanol–water partition coefficient (Wildman–Crippen LogP) is 5.11. The minimum absolute atomic E-state index is 0.0345. The minimum atomic E-state index is -2.12. The summed E-state index contributed by atoms with van der Waals surface area (Å²) in [6, 6.07) is 2.05. The van der Waals surface area contributed by atoms with E-state index in [1.165, 1.54) is 6.07 Å². The first-order valence-electron chi connectivity index (χ1n) is 5.38. The molecule has 1 rings (SSSR count).